The number of anilines is 1. The molecule has 1 atom stereocenters. The first-order valence-electron chi connectivity index (χ1n) is 10.2. The van der Waals surface area contributed by atoms with E-state index in [-0.39, 0.29) is 16.6 Å². The summed E-state index contributed by atoms with van der Waals surface area (Å²) in [4.78, 5) is 14.9. The van der Waals surface area contributed by atoms with Crippen LogP contribution in [0.5, 0.6) is 0 Å². The highest BCUT2D eigenvalue weighted by Crippen LogP contribution is 2.26. The lowest BCUT2D eigenvalue weighted by atomic mass is 10.1. The van der Waals surface area contributed by atoms with Crippen molar-refractivity contribution < 1.29 is 21.6 Å². The van der Waals surface area contributed by atoms with Gasteiger partial charge in [0.1, 0.15) is 0 Å². The average Bonchev–Trinajstić information content (AvgIpc) is 3.14. The zero-order valence-electron chi connectivity index (χ0n) is 16.9. The van der Waals surface area contributed by atoms with Gasteiger partial charge in [-0.3, -0.25) is 4.79 Å². The molecule has 0 bridgehead atoms. The molecule has 31 heavy (non-hydrogen) atoms. The average molecular weight is 461 g/mol. The number of benzene rings is 2. The highest BCUT2D eigenvalue weighted by Gasteiger charge is 2.32. The molecule has 0 N–H and O–H groups in total. The Morgan fingerprint density at radius 3 is 2.16 bits per heavy atom. The molecule has 1 amide bonds. The lowest BCUT2D eigenvalue weighted by Gasteiger charge is -2.28. The summed E-state index contributed by atoms with van der Waals surface area (Å²) in [6.45, 7) is 1.01. The summed E-state index contributed by atoms with van der Waals surface area (Å²) < 4.78 is 51.1. The van der Waals surface area contributed by atoms with Gasteiger partial charge in [-0.05, 0) is 55.3 Å². The van der Waals surface area contributed by atoms with Crippen molar-refractivity contribution in [2.75, 3.05) is 23.7 Å². The maximum absolute atomic E-state index is 13.3. The second-order valence-corrected chi connectivity index (χ2v) is 11.6. The van der Waals surface area contributed by atoms with Crippen LogP contribution in [0.25, 0.3) is 0 Å². The number of hydrogen-bond acceptors (Lipinski definition) is 5. The van der Waals surface area contributed by atoms with Gasteiger partial charge in [-0.25, -0.2) is 16.8 Å². The van der Waals surface area contributed by atoms with Crippen LogP contribution in [0, 0.1) is 0 Å². The molecule has 164 valence electrons. The SMILES string of the molecule is O=C(c1ccc(S(=O)(=O)N2CCCCC2)cc1)N(c1ccccc1)[C@H]1C=CS(=O)(=O)C1. The van der Waals surface area contributed by atoms with E-state index in [1.807, 2.05) is 6.07 Å². The van der Waals surface area contributed by atoms with Crippen molar-refractivity contribution in [2.24, 2.45) is 0 Å². The van der Waals surface area contributed by atoms with Crippen LogP contribution < -0.4 is 4.90 Å². The van der Waals surface area contributed by atoms with Gasteiger partial charge >= 0.3 is 0 Å². The Morgan fingerprint density at radius 1 is 0.935 bits per heavy atom. The number of rotatable bonds is 5. The first-order valence-corrected chi connectivity index (χ1v) is 13.3. The number of amides is 1. The van der Waals surface area contributed by atoms with E-state index in [0.29, 0.717) is 24.3 Å². The van der Waals surface area contributed by atoms with Gasteiger partial charge in [-0.2, -0.15) is 4.31 Å². The molecule has 0 spiro atoms. The second-order valence-electron chi connectivity index (χ2n) is 7.73. The molecule has 2 aliphatic rings. The Morgan fingerprint density at radius 2 is 1.58 bits per heavy atom. The van der Waals surface area contributed by atoms with Crippen LogP contribution >= 0.6 is 0 Å². The number of hydrogen-bond donors (Lipinski definition) is 0. The summed E-state index contributed by atoms with van der Waals surface area (Å²) >= 11 is 0. The summed E-state index contributed by atoms with van der Waals surface area (Å²) in [5, 5.41) is 1.13. The molecule has 2 aromatic rings. The minimum Gasteiger partial charge on any atom is -0.300 e. The highest BCUT2D eigenvalue weighted by atomic mass is 32.2. The molecule has 0 aromatic heterocycles. The Balaban J connectivity index is 1.63. The number of carbonyl (C=O) groups excluding carboxylic acids is 1. The Hall–Kier alpha value is -2.49. The van der Waals surface area contributed by atoms with Gasteiger partial charge in [-0.1, -0.05) is 24.6 Å². The second kappa shape index (κ2) is 8.57. The van der Waals surface area contributed by atoms with E-state index in [1.165, 1.54) is 39.5 Å². The highest BCUT2D eigenvalue weighted by molar-refractivity contribution is 7.94. The maximum Gasteiger partial charge on any atom is 0.258 e. The normalized spacial score (nSPS) is 21.1. The number of nitrogens with zero attached hydrogens (tertiary/aromatic N) is 2. The van der Waals surface area contributed by atoms with Crippen molar-refractivity contribution in [1.29, 1.82) is 0 Å². The molecule has 0 radical (unpaired) electrons. The third-order valence-corrected chi connectivity index (χ3v) is 8.84. The molecule has 0 aliphatic carbocycles. The zero-order chi connectivity index (χ0) is 22.1. The monoisotopic (exact) mass is 460 g/mol. The van der Waals surface area contributed by atoms with Crippen molar-refractivity contribution in [3.05, 3.63) is 71.6 Å². The minimum atomic E-state index is -3.59. The molecular formula is C22H24N2O5S2. The van der Waals surface area contributed by atoms with Gasteiger partial charge in [0.2, 0.25) is 10.0 Å². The van der Waals surface area contributed by atoms with Crippen LogP contribution in [-0.4, -0.2) is 51.9 Å². The summed E-state index contributed by atoms with van der Waals surface area (Å²) in [5.41, 5.74) is 0.864. The van der Waals surface area contributed by atoms with Crippen molar-refractivity contribution >= 4 is 31.5 Å². The molecule has 1 fully saturated rings. The van der Waals surface area contributed by atoms with E-state index >= 15 is 0 Å². The number of piperidine rings is 1. The quantitative estimate of drug-likeness (QED) is 0.684. The molecule has 2 aliphatic heterocycles. The van der Waals surface area contributed by atoms with Gasteiger partial charge in [0, 0.05) is 29.7 Å². The molecule has 7 nitrogen and oxygen atoms in total. The standard InChI is InChI=1S/C22H24N2O5S2/c25-22(24(19-7-3-1-4-8-19)20-13-16-30(26,27)17-20)18-9-11-21(12-10-18)31(28,29)23-14-5-2-6-15-23/h1,3-4,7-13,16,20H,2,5-6,14-15,17H2/t20-/m0/s1. The third kappa shape index (κ3) is 4.58. The van der Waals surface area contributed by atoms with E-state index in [0.717, 1.165) is 24.7 Å². The predicted molar refractivity (Wildman–Crippen MR) is 119 cm³/mol. The number of sulfonamides is 1. The minimum absolute atomic E-state index is 0.153. The van der Waals surface area contributed by atoms with Gasteiger partial charge in [0.05, 0.1) is 16.7 Å². The lowest BCUT2D eigenvalue weighted by molar-refractivity contribution is 0.0983. The van der Waals surface area contributed by atoms with Crippen molar-refractivity contribution in [1.82, 2.24) is 4.31 Å². The fourth-order valence-electron chi connectivity index (χ4n) is 3.93. The van der Waals surface area contributed by atoms with Gasteiger partial charge in [0.25, 0.3) is 5.91 Å². The molecule has 1 saturated heterocycles. The fourth-order valence-corrected chi connectivity index (χ4v) is 6.72. The smallest absolute Gasteiger partial charge is 0.258 e. The van der Waals surface area contributed by atoms with Crippen LogP contribution in [0.1, 0.15) is 29.6 Å². The van der Waals surface area contributed by atoms with Crippen LogP contribution in [0.15, 0.2) is 71.0 Å². The first kappa shape index (κ1) is 21.7. The van der Waals surface area contributed by atoms with E-state index in [4.69, 9.17) is 0 Å². The van der Waals surface area contributed by atoms with E-state index in [2.05, 4.69) is 0 Å². The van der Waals surface area contributed by atoms with Gasteiger partial charge < -0.3 is 4.90 Å². The molecule has 0 unspecified atom stereocenters. The number of sulfone groups is 1. The molecule has 2 heterocycles. The van der Waals surface area contributed by atoms with Crippen LogP contribution in [-0.2, 0) is 19.9 Å². The largest absolute Gasteiger partial charge is 0.300 e. The van der Waals surface area contributed by atoms with E-state index < -0.39 is 25.9 Å². The fraction of sp³-hybridized carbons (Fsp3) is 0.318. The summed E-state index contributed by atoms with van der Waals surface area (Å²) in [6.07, 6.45) is 4.23. The van der Waals surface area contributed by atoms with Crippen LogP contribution in [0.3, 0.4) is 0 Å². The molecular weight excluding hydrogens is 436 g/mol. The summed E-state index contributed by atoms with van der Waals surface area (Å²) in [5.74, 6) is -0.574. The maximum atomic E-state index is 13.3. The van der Waals surface area contributed by atoms with E-state index in [1.54, 1.807) is 24.3 Å². The summed E-state index contributed by atoms with van der Waals surface area (Å²) in [6, 6.07) is 14.1. The number of carbonyl (C=O) groups is 1. The first-order chi connectivity index (χ1) is 14.8. The predicted octanol–water partition coefficient (Wildman–Crippen LogP) is 2.82. The topological polar surface area (TPSA) is 91.8 Å². The Kier molecular flexibility index (Phi) is 6.00. The Bertz CT molecular complexity index is 1180. The van der Waals surface area contributed by atoms with Crippen molar-refractivity contribution in [2.45, 2.75) is 30.2 Å². The van der Waals surface area contributed by atoms with Crippen molar-refractivity contribution in [3.63, 3.8) is 0 Å². The number of para-hydroxylation sites is 1. The lowest BCUT2D eigenvalue weighted by Crippen LogP contribution is -2.41. The zero-order valence-corrected chi connectivity index (χ0v) is 18.6. The Labute approximate surface area is 183 Å². The van der Waals surface area contributed by atoms with Crippen LogP contribution in [0.2, 0.25) is 0 Å². The molecule has 9 heteroatoms. The van der Waals surface area contributed by atoms with Crippen LogP contribution in [0.4, 0.5) is 5.69 Å². The third-order valence-electron chi connectivity index (χ3n) is 5.55. The molecule has 2 aromatic carbocycles. The van der Waals surface area contributed by atoms with E-state index in [9.17, 15) is 21.6 Å². The summed E-state index contributed by atoms with van der Waals surface area (Å²) in [7, 11) is -6.95. The molecule has 4 rings (SSSR count). The van der Waals surface area contributed by atoms with Crippen molar-refractivity contribution in [3.8, 4) is 0 Å². The van der Waals surface area contributed by atoms with Gasteiger partial charge in [-0.15, -0.1) is 0 Å². The van der Waals surface area contributed by atoms with Gasteiger partial charge in [0.15, 0.2) is 9.84 Å². The molecule has 0 saturated carbocycles.